The number of nitrogens with zero attached hydrogens (tertiary/aromatic N) is 2. The van der Waals surface area contributed by atoms with E-state index in [0.29, 0.717) is 11.3 Å². The minimum atomic E-state index is -4.77. The number of benzene rings is 1. The molecule has 11 heteroatoms. The van der Waals surface area contributed by atoms with Crippen LogP contribution in [0.4, 0.5) is 27.9 Å². The van der Waals surface area contributed by atoms with E-state index in [2.05, 4.69) is 15.0 Å². The minimum Gasteiger partial charge on any atom is -0.490 e. The van der Waals surface area contributed by atoms with Gasteiger partial charge in [-0.3, -0.25) is 9.53 Å². The van der Waals surface area contributed by atoms with Gasteiger partial charge in [0.25, 0.3) is 0 Å². The van der Waals surface area contributed by atoms with Crippen LogP contribution < -0.4 is 15.6 Å². The fourth-order valence-corrected chi connectivity index (χ4v) is 3.09. The van der Waals surface area contributed by atoms with Gasteiger partial charge in [0.05, 0.1) is 26.0 Å². The van der Waals surface area contributed by atoms with Crippen LogP contribution in [0.15, 0.2) is 52.6 Å². The molecule has 0 spiro atoms. The molecule has 6 nitrogen and oxygen atoms in total. The number of hydrogen-bond acceptors (Lipinski definition) is 5. The van der Waals surface area contributed by atoms with E-state index in [0.717, 1.165) is 18.2 Å². The third kappa shape index (κ3) is 5.91. The van der Waals surface area contributed by atoms with Crippen molar-refractivity contribution in [1.29, 1.82) is 0 Å². The van der Waals surface area contributed by atoms with Gasteiger partial charge in [-0.2, -0.15) is 4.98 Å². The molecule has 2 aromatic rings. The maximum absolute atomic E-state index is 13.6. The molecule has 1 aliphatic rings. The van der Waals surface area contributed by atoms with Crippen molar-refractivity contribution in [2.75, 3.05) is 12.4 Å². The zero-order valence-electron chi connectivity index (χ0n) is 16.5. The van der Waals surface area contributed by atoms with E-state index in [1.165, 1.54) is 30.0 Å². The summed E-state index contributed by atoms with van der Waals surface area (Å²) in [5, 5.41) is 2.89. The number of anilines is 1. The van der Waals surface area contributed by atoms with E-state index >= 15 is 0 Å². The molecule has 0 amide bonds. The standard InChI is InChI=1S/C20H18F5N3O3/c1-11-5-15(31-20(23,24)25)3-4-16(11)26-19-27-18(29)17(30-2)10-28(19)9-12-6-13(21)8-14(22)7-12/h4-8,10,15H,3,9H2,1-2H3,(H,26,27,29). The highest BCUT2D eigenvalue weighted by Crippen LogP contribution is 2.27. The summed E-state index contributed by atoms with van der Waals surface area (Å²) < 4.78 is 74.8. The monoisotopic (exact) mass is 443 g/mol. The second kappa shape index (κ2) is 8.88. The summed E-state index contributed by atoms with van der Waals surface area (Å²) in [6.45, 7) is 1.51. The highest BCUT2D eigenvalue weighted by Gasteiger charge is 2.33. The van der Waals surface area contributed by atoms with Crippen molar-refractivity contribution in [2.24, 2.45) is 0 Å². The molecule has 1 heterocycles. The second-order valence-corrected chi connectivity index (χ2v) is 6.77. The minimum absolute atomic E-state index is 0.0182. The van der Waals surface area contributed by atoms with E-state index < -0.39 is 29.7 Å². The first-order valence-corrected chi connectivity index (χ1v) is 9.05. The van der Waals surface area contributed by atoms with Crippen LogP contribution in [0, 0.1) is 11.6 Å². The topological polar surface area (TPSA) is 65.4 Å². The number of hydrogen-bond donors (Lipinski definition) is 1. The van der Waals surface area contributed by atoms with Crippen LogP contribution in [0.1, 0.15) is 18.9 Å². The van der Waals surface area contributed by atoms with Gasteiger partial charge in [0, 0.05) is 11.8 Å². The molecule has 1 unspecified atom stereocenters. The number of halogens is 5. The fourth-order valence-electron chi connectivity index (χ4n) is 3.09. The van der Waals surface area contributed by atoms with Gasteiger partial charge in [-0.1, -0.05) is 12.2 Å². The Morgan fingerprint density at radius 3 is 2.48 bits per heavy atom. The molecule has 1 atom stereocenters. The van der Waals surface area contributed by atoms with Gasteiger partial charge in [0.2, 0.25) is 11.7 Å². The number of alkyl halides is 3. The van der Waals surface area contributed by atoms with E-state index in [4.69, 9.17) is 4.74 Å². The fraction of sp³-hybridized carbons (Fsp3) is 0.300. The van der Waals surface area contributed by atoms with Crippen LogP contribution in [-0.2, 0) is 11.3 Å². The lowest BCUT2D eigenvalue weighted by molar-refractivity contribution is -0.336. The molecule has 31 heavy (non-hydrogen) atoms. The quantitative estimate of drug-likeness (QED) is 0.681. The Kier molecular flexibility index (Phi) is 6.44. The summed E-state index contributed by atoms with van der Waals surface area (Å²) in [4.78, 5) is 16.0. The molecule has 0 radical (unpaired) electrons. The normalized spacial score (nSPS) is 16.5. The molecule has 0 saturated heterocycles. The van der Waals surface area contributed by atoms with Crippen molar-refractivity contribution in [2.45, 2.75) is 32.4 Å². The lowest BCUT2D eigenvalue weighted by atomic mass is 10.0. The first kappa shape index (κ1) is 22.5. The maximum Gasteiger partial charge on any atom is 0.523 e. The lowest BCUT2D eigenvalue weighted by Crippen LogP contribution is -2.25. The van der Waals surface area contributed by atoms with Crippen molar-refractivity contribution < 1.29 is 31.4 Å². The molecule has 166 valence electrons. The van der Waals surface area contributed by atoms with Gasteiger partial charge in [-0.15, -0.1) is 13.2 Å². The molecule has 0 fully saturated rings. The van der Waals surface area contributed by atoms with Crippen LogP contribution >= 0.6 is 0 Å². The Morgan fingerprint density at radius 1 is 1.23 bits per heavy atom. The third-order valence-electron chi connectivity index (χ3n) is 4.41. The Bertz CT molecular complexity index is 1070. The number of rotatable bonds is 6. The van der Waals surface area contributed by atoms with Gasteiger partial charge in [0.15, 0.2) is 0 Å². The molecular formula is C20H18F5N3O3. The summed E-state index contributed by atoms with van der Waals surface area (Å²) in [5.74, 6) is -1.61. The Labute approximate surface area is 173 Å². The van der Waals surface area contributed by atoms with E-state index in [9.17, 15) is 26.7 Å². The highest BCUT2D eigenvalue weighted by atomic mass is 19.4. The zero-order valence-corrected chi connectivity index (χ0v) is 16.5. The number of aromatic nitrogens is 2. The predicted molar refractivity (Wildman–Crippen MR) is 102 cm³/mol. The van der Waals surface area contributed by atoms with Crippen molar-refractivity contribution in [3.8, 4) is 5.75 Å². The molecule has 1 aliphatic carbocycles. The lowest BCUT2D eigenvalue weighted by Gasteiger charge is -2.23. The van der Waals surface area contributed by atoms with Gasteiger partial charge in [-0.05, 0) is 36.6 Å². The zero-order chi connectivity index (χ0) is 22.8. The molecule has 3 rings (SSSR count). The predicted octanol–water partition coefficient (Wildman–Crippen LogP) is 4.13. The molecular weight excluding hydrogens is 425 g/mol. The van der Waals surface area contributed by atoms with Gasteiger partial charge >= 0.3 is 11.9 Å². The Morgan fingerprint density at radius 2 is 1.90 bits per heavy atom. The number of allylic oxidation sites excluding steroid dienone is 1. The number of nitrogens with one attached hydrogen (secondary N) is 1. The SMILES string of the molecule is COc1cn(Cc2cc(F)cc(F)c2)c(NC2=CCC(OC(F)(F)F)C=C2C)nc1=O. The smallest absolute Gasteiger partial charge is 0.490 e. The van der Waals surface area contributed by atoms with Gasteiger partial charge in [-0.25, -0.2) is 8.78 Å². The molecule has 0 saturated carbocycles. The first-order chi connectivity index (χ1) is 14.5. The van der Waals surface area contributed by atoms with Gasteiger partial charge in [0.1, 0.15) is 11.6 Å². The van der Waals surface area contributed by atoms with Crippen LogP contribution in [0.2, 0.25) is 0 Å². The average molecular weight is 443 g/mol. The summed E-state index contributed by atoms with van der Waals surface area (Å²) >= 11 is 0. The second-order valence-electron chi connectivity index (χ2n) is 6.77. The molecule has 0 bridgehead atoms. The van der Waals surface area contributed by atoms with Gasteiger partial charge < -0.3 is 14.6 Å². The highest BCUT2D eigenvalue weighted by molar-refractivity contribution is 5.47. The largest absolute Gasteiger partial charge is 0.523 e. The summed E-state index contributed by atoms with van der Waals surface area (Å²) in [6.07, 6.45) is -1.91. The van der Waals surface area contributed by atoms with E-state index in [1.807, 2.05) is 0 Å². The maximum atomic E-state index is 13.6. The van der Waals surface area contributed by atoms with Crippen molar-refractivity contribution in [3.05, 3.63) is 75.4 Å². The molecule has 0 aliphatic heterocycles. The van der Waals surface area contributed by atoms with E-state index in [1.54, 1.807) is 6.92 Å². The summed E-state index contributed by atoms with van der Waals surface area (Å²) in [7, 11) is 1.27. The van der Waals surface area contributed by atoms with Crippen molar-refractivity contribution >= 4 is 5.95 Å². The van der Waals surface area contributed by atoms with Crippen LogP contribution in [0.25, 0.3) is 0 Å². The van der Waals surface area contributed by atoms with Crippen molar-refractivity contribution in [3.63, 3.8) is 0 Å². The third-order valence-corrected chi connectivity index (χ3v) is 4.41. The number of methoxy groups -OCH3 is 1. The Balaban J connectivity index is 1.89. The first-order valence-electron chi connectivity index (χ1n) is 9.05. The number of ether oxygens (including phenoxy) is 2. The summed E-state index contributed by atoms with van der Waals surface area (Å²) in [5.41, 5.74) is 0.423. The van der Waals surface area contributed by atoms with Crippen LogP contribution in [-0.4, -0.2) is 29.1 Å². The molecule has 1 aromatic heterocycles. The molecule has 1 aromatic carbocycles. The van der Waals surface area contributed by atoms with Crippen LogP contribution in [0.5, 0.6) is 5.75 Å². The van der Waals surface area contributed by atoms with Crippen LogP contribution in [0.3, 0.4) is 0 Å². The molecule has 1 N–H and O–H groups in total. The van der Waals surface area contributed by atoms with E-state index in [-0.39, 0.29) is 30.2 Å². The Hall–Kier alpha value is -3.21. The average Bonchev–Trinajstić information content (AvgIpc) is 2.63. The van der Waals surface area contributed by atoms with Crippen molar-refractivity contribution in [1.82, 2.24) is 9.55 Å². The summed E-state index contributed by atoms with van der Waals surface area (Å²) in [6, 6.07) is 2.98.